The van der Waals surface area contributed by atoms with Crippen LogP contribution in [0, 0.1) is 10.8 Å². The molecule has 110 valence electrons. The third-order valence-electron chi connectivity index (χ3n) is 4.55. The number of carbonyl (C=O) groups is 1. The maximum Gasteiger partial charge on any atom is 0.239 e. The van der Waals surface area contributed by atoms with Crippen molar-refractivity contribution in [2.24, 2.45) is 11.1 Å². The zero-order valence-corrected chi connectivity index (χ0v) is 13.7. The minimum Gasteiger partial charge on any atom is -0.404 e. The Morgan fingerprint density at radius 2 is 2.19 bits per heavy atom. The summed E-state index contributed by atoms with van der Waals surface area (Å²) in [5.74, 6) is 0.207. The van der Waals surface area contributed by atoms with E-state index < -0.39 is 5.41 Å². The molecule has 3 N–H and O–H groups in total. The lowest BCUT2D eigenvalue weighted by molar-refractivity contribution is -0.133. The SMILES string of the molecule is CC1(C)C(=O)N(C2CCc3cc(Br)ccc32)C(=N)/C1=C\N. The molecular formula is C16H18BrN3O. The van der Waals surface area contributed by atoms with Crippen molar-refractivity contribution in [3.05, 3.63) is 45.6 Å². The number of hydrogen-bond donors (Lipinski definition) is 2. The van der Waals surface area contributed by atoms with Crippen molar-refractivity contribution in [2.75, 3.05) is 0 Å². The molecular weight excluding hydrogens is 330 g/mol. The number of nitrogens with zero attached hydrogens (tertiary/aromatic N) is 1. The molecule has 1 fully saturated rings. The Labute approximate surface area is 132 Å². The highest BCUT2D eigenvalue weighted by atomic mass is 79.9. The van der Waals surface area contributed by atoms with Gasteiger partial charge in [-0.25, -0.2) is 0 Å². The van der Waals surface area contributed by atoms with Gasteiger partial charge >= 0.3 is 0 Å². The summed E-state index contributed by atoms with van der Waals surface area (Å²) in [4.78, 5) is 14.4. The fourth-order valence-electron chi connectivity index (χ4n) is 3.36. The van der Waals surface area contributed by atoms with Gasteiger partial charge < -0.3 is 5.73 Å². The van der Waals surface area contributed by atoms with E-state index in [2.05, 4.69) is 28.1 Å². The summed E-state index contributed by atoms with van der Waals surface area (Å²) in [6.07, 6.45) is 3.18. The van der Waals surface area contributed by atoms with Crippen LogP contribution in [0.1, 0.15) is 37.4 Å². The van der Waals surface area contributed by atoms with Crippen molar-refractivity contribution >= 4 is 27.7 Å². The van der Waals surface area contributed by atoms with Gasteiger partial charge in [-0.2, -0.15) is 0 Å². The summed E-state index contributed by atoms with van der Waals surface area (Å²) >= 11 is 3.48. The smallest absolute Gasteiger partial charge is 0.239 e. The summed E-state index contributed by atoms with van der Waals surface area (Å²) in [6, 6.07) is 6.09. The van der Waals surface area contributed by atoms with Gasteiger partial charge in [0, 0.05) is 16.2 Å². The molecule has 0 radical (unpaired) electrons. The van der Waals surface area contributed by atoms with Crippen molar-refractivity contribution in [3.63, 3.8) is 0 Å². The molecule has 21 heavy (non-hydrogen) atoms. The third kappa shape index (κ3) is 1.94. The maximum absolute atomic E-state index is 12.7. The van der Waals surface area contributed by atoms with E-state index in [4.69, 9.17) is 11.1 Å². The van der Waals surface area contributed by atoms with E-state index in [-0.39, 0.29) is 17.8 Å². The van der Waals surface area contributed by atoms with Gasteiger partial charge in [0.15, 0.2) is 0 Å². The Bertz CT molecular complexity index is 678. The number of hydrogen-bond acceptors (Lipinski definition) is 3. The Balaban J connectivity index is 2.04. The Morgan fingerprint density at radius 3 is 2.81 bits per heavy atom. The second-order valence-electron chi connectivity index (χ2n) is 6.13. The summed E-state index contributed by atoms with van der Waals surface area (Å²) in [6.45, 7) is 3.67. The van der Waals surface area contributed by atoms with Crippen LogP contribution in [0.15, 0.2) is 34.4 Å². The third-order valence-corrected chi connectivity index (χ3v) is 5.05. The predicted molar refractivity (Wildman–Crippen MR) is 85.8 cm³/mol. The van der Waals surface area contributed by atoms with Crippen LogP contribution in [0.25, 0.3) is 0 Å². The molecule has 0 bridgehead atoms. The first-order chi connectivity index (χ1) is 9.87. The lowest BCUT2D eigenvalue weighted by atomic mass is 9.87. The number of amidine groups is 1. The van der Waals surface area contributed by atoms with Gasteiger partial charge in [0.25, 0.3) is 0 Å². The molecule has 1 amide bonds. The molecule has 0 aromatic heterocycles. The molecule has 1 aromatic rings. The fourth-order valence-corrected chi connectivity index (χ4v) is 3.77. The summed E-state index contributed by atoms with van der Waals surface area (Å²) < 4.78 is 1.05. The van der Waals surface area contributed by atoms with Gasteiger partial charge in [0.2, 0.25) is 5.91 Å². The number of benzene rings is 1. The van der Waals surface area contributed by atoms with E-state index in [1.54, 1.807) is 4.90 Å². The highest BCUT2D eigenvalue weighted by Crippen LogP contribution is 2.45. The van der Waals surface area contributed by atoms with Crippen molar-refractivity contribution < 1.29 is 4.79 Å². The van der Waals surface area contributed by atoms with E-state index in [9.17, 15) is 4.79 Å². The van der Waals surface area contributed by atoms with E-state index in [1.165, 1.54) is 11.8 Å². The normalized spacial score (nSPS) is 25.8. The average Bonchev–Trinajstić information content (AvgIpc) is 2.88. The van der Waals surface area contributed by atoms with Crippen LogP contribution < -0.4 is 5.73 Å². The van der Waals surface area contributed by atoms with Crippen molar-refractivity contribution in [2.45, 2.75) is 32.7 Å². The summed E-state index contributed by atoms with van der Waals surface area (Å²) in [5.41, 5.74) is 7.93. The second-order valence-corrected chi connectivity index (χ2v) is 7.04. The minimum atomic E-state index is -0.718. The molecule has 4 nitrogen and oxygen atoms in total. The number of carbonyl (C=O) groups excluding carboxylic acids is 1. The number of nitrogens with two attached hydrogens (primary N) is 1. The average molecular weight is 348 g/mol. The number of halogens is 1. The number of nitrogens with one attached hydrogen (secondary N) is 1. The first-order valence-electron chi connectivity index (χ1n) is 7.01. The highest BCUT2D eigenvalue weighted by molar-refractivity contribution is 9.10. The molecule has 1 heterocycles. The summed E-state index contributed by atoms with van der Waals surface area (Å²) in [5, 5.41) is 8.35. The molecule has 2 aliphatic rings. The Hall–Kier alpha value is -1.62. The van der Waals surface area contributed by atoms with Crippen LogP contribution in [0.2, 0.25) is 0 Å². The second kappa shape index (κ2) is 4.70. The molecule has 1 aliphatic heterocycles. The topological polar surface area (TPSA) is 70.2 Å². The largest absolute Gasteiger partial charge is 0.404 e. The molecule has 1 atom stereocenters. The Morgan fingerprint density at radius 1 is 1.48 bits per heavy atom. The number of aryl methyl sites for hydroxylation is 1. The molecule has 1 saturated heterocycles. The monoisotopic (exact) mass is 347 g/mol. The quantitative estimate of drug-likeness (QED) is 0.819. The zero-order valence-electron chi connectivity index (χ0n) is 12.1. The van der Waals surface area contributed by atoms with Crippen molar-refractivity contribution in [1.82, 2.24) is 4.90 Å². The maximum atomic E-state index is 12.7. The van der Waals surface area contributed by atoms with Crippen LogP contribution >= 0.6 is 15.9 Å². The fraction of sp³-hybridized carbons (Fsp3) is 0.375. The van der Waals surface area contributed by atoms with Gasteiger partial charge in [-0.05, 0) is 49.9 Å². The van der Waals surface area contributed by atoms with E-state index >= 15 is 0 Å². The molecule has 5 heteroatoms. The molecule has 1 aliphatic carbocycles. The number of rotatable bonds is 1. The predicted octanol–water partition coefficient (Wildman–Crippen LogP) is 3.12. The molecule has 0 spiro atoms. The van der Waals surface area contributed by atoms with Crippen LogP contribution in [0.5, 0.6) is 0 Å². The lowest BCUT2D eigenvalue weighted by Gasteiger charge is -2.25. The van der Waals surface area contributed by atoms with Crippen molar-refractivity contribution in [3.8, 4) is 0 Å². The van der Waals surface area contributed by atoms with Gasteiger partial charge in [-0.1, -0.05) is 22.0 Å². The first kappa shape index (κ1) is 14.3. The van der Waals surface area contributed by atoms with Crippen LogP contribution in [-0.2, 0) is 11.2 Å². The van der Waals surface area contributed by atoms with Crippen LogP contribution in [-0.4, -0.2) is 16.6 Å². The lowest BCUT2D eigenvalue weighted by Crippen LogP contribution is -2.35. The van der Waals surface area contributed by atoms with Gasteiger partial charge in [-0.15, -0.1) is 0 Å². The zero-order chi connectivity index (χ0) is 15.4. The molecule has 1 unspecified atom stereocenters. The van der Waals surface area contributed by atoms with Crippen LogP contribution in [0.4, 0.5) is 0 Å². The van der Waals surface area contributed by atoms with Gasteiger partial charge in [0.05, 0.1) is 11.5 Å². The van der Waals surface area contributed by atoms with Gasteiger partial charge in [-0.3, -0.25) is 15.1 Å². The number of fused-ring (bicyclic) bond motifs is 1. The van der Waals surface area contributed by atoms with Gasteiger partial charge in [0.1, 0.15) is 5.84 Å². The molecule has 1 aromatic carbocycles. The van der Waals surface area contributed by atoms with E-state index in [1.807, 2.05) is 19.9 Å². The standard InChI is InChI=1S/C16H18BrN3O/c1-16(2)12(8-18)14(19)20(15(16)21)13-6-3-9-7-10(17)4-5-11(9)13/h4-5,7-8,13,19H,3,6,18H2,1-2H3/b12-8+,19-14?. The molecule has 3 rings (SSSR count). The number of amides is 1. The first-order valence-corrected chi connectivity index (χ1v) is 7.80. The summed E-state index contributed by atoms with van der Waals surface area (Å²) in [7, 11) is 0. The van der Waals surface area contributed by atoms with Crippen LogP contribution in [0.3, 0.4) is 0 Å². The van der Waals surface area contributed by atoms with Crippen molar-refractivity contribution in [1.29, 1.82) is 5.41 Å². The van der Waals surface area contributed by atoms with E-state index in [0.29, 0.717) is 5.57 Å². The minimum absolute atomic E-state index is 0.0371. The Kier molecular flexibility index (Phi) is 3.20. The number of likely N-dealkylation sites (tertiary alicyclic amines) is 1. The molecule has 0 saturated carbocycles. The van der Waals surface area contributed by atoms with E-state index in [0.717, 1.165) is 22.9 Å². The highest BCUT2D eigenvalue weighted by Gasteiger charge is 2.50.